The molecule has 0 bridgehead atoms. The van der Waals surface area contributed by atoms with E-state index < -0.39 is 0 Å². The van der Waals surface area contributed by atoms with Crippen molar-refractivity contribution in [2.75, 3.05) is 23.3 Å². The number of rotatable bonds is 14. The Labute approximate surface area is 209 Å². The van der Waals surface area contributed by atoms with Gasteiger partial charge in [0.05, 0.1) is 6.07 Å². The zero-order valence-electron chi connectivity index (χ0n) is 21.7. The molecule has 3 aromatic heterocycles. The Morgan fingerprint density at radius 3 is 2.74 bits per heavy atom. The lowest BCUT2D eigenvalue weighted by atomic mass is 9.93. The summed E-state index contributed by atoms with van der Waals surface area (Å²) in [6.45, 7) is 10.8. The fraction of sp³-hybridized carbons (Fsp3) is 0.630. The highest BCUT2D eigenvalue weighted by atomic mass is 15.4. The molecule has 2 N–H and O–H groups in total. The number of nitrogens with one attached hydrogen (secondary N) is 2. The summed E-state index contributed by atoms with van der Waals surface area (Å²) in [5.41, 5.74) is 1.83. The quantitative estimate of drug-likeness (QED) is 0.292. The van der Waals surface area contributed by atoms with E-state index in [0.717, 1.165) is 67.2 Å². The number of aryl methyl sites for hydroxylation is 1. The molecular formula is C27H40N8. The number of fused-ring (bicyclic) bond motifs is 1. The Balaban J connectivity index is 1.50. The van der Waals surface area contributed by atoms with Gasteiger partial charge in [-0.25, -0.2) is 0 Å². The van der Waals surface area contributed by atoms with Crippen LogP contribution in [0, 0.1) is 41.9 Å². The summed E-state index contributed by atoms with van der Waals surface area (Å²) in [7, 11) is 0. The van der Waals surface area contributed by atoms with Gasteiger partial charge in [0.15, 0.2) is 11.5 Å². The Morgan fingerprint density at radius 1 is 1.20 bits per heavy atom. The lowest BCUT2D eigenvalue weighted by Gasteiger charge is -2.27. The fourth-order valence-electron chi connectivity index (χ4n) is 4.99. The monoisotopic (exact) mass is 476 g/mol. The molecule has 0 amide bonds. The standard InChI is InChI=1S/C27H40N8/c1-19(7-6-13-28)15-21(3)18-34(14-12-20(2)16-23-10-11-23)27-30-26-9-5-8-25(35(26)33-27)29-24-17-22(4)31-32-24/h5,8-9,17,19-21,23H,6-7,10-12,14-16,18H2,1-4H3,(H2,29,31,32)/t19?,20-,21+/m1/s1. The van der Waals surface area contributed by atoms with Crippen LogP contribution in [0.2, 0.25) is 0 Å². The molecule has 1 aliphatic rings. The summed E-state index contributed by atoms with van der Waals surface area (Å²) in [6, 6.07) is 10.2. The molecule has 0 aliphatic heterocycles. The average molecular weight is 477 g/mol. The van der Waals surface area contributed by atoms with Gasteiger partial charge in [0, 0.05) is 31.3 Å². The molecule has 0 radical (unpaired) electrons. The third kappa shape index (κ3) is 7.20. The van der Waals surface area contributed by atoms with Gasteiger partial charge >= 0.3 is 0 Å². The Hall–Kier alpha value is -3.08. The molecule has 1 saturated carbocycles. The molecule has 1 aliphatic carbocycles. The second-order valence-electron chi connectivity index (χ2n) is 10.8. The Morgan fingerprint density at radius 2 is 2.03 bits per heavy atom. The van der Waals surface area contributed by atoms with Crippen molar-refractivity contribution in [2.24, 2.45) is 23.7 Å². The predicted octanol–water partition coefficient (Wildman–Crippen LogP) is 6.10. The van der Waals surface area contributed by atoms with Crippen molar-refractivity contribution in [3.8, 4) is 6.07 Å². The number of anilines is 3. The van der Waals surface area contributed by atoms with Gasteiger partial charge in [0.25, 0.3) is 0 Å². The highest BCUT2D eigenvalue weighted by molar-refractivity contribution is 5.58. The van der Waals surface area contributed by atoms with Crippen molar-refractivity contribution in [1.82, 2.24) is 24.8 Å². The van der Waals surface area contributed by atoms with E-state index in [2.05, 4.69) is 47.3 Å². The summed E-state index contributed by atoms with van der Waals surface area (Å²) in [6.07, 6.45) is 8.01. The molecule has 8 nitrogen and oxygen atoms in total. The molecule has 0 aromatic carbocycles. The van der Waals surface area contributed by atoms with Gasteiger partial charge in [-0.1, -0.05) is 39.7 Å². The molecule has 188 valence electrons. The maximum absolute atomic E-state index is 8.93. The summed E-state index contributed by atoms with van der Waals surface area (Å²) < 4.78 is 1.88. The molecule has 8 heteroatoms. The average Bonchev–Trinajstić information content (AvgIpc) is 3.36. The molecule has 3 heterocycles. The van der Waals surface area contributed by atoms with Crippen molar-refractivity contribution in [3.63, 3.8) is 0 Å². The molecule has 0 spiro atoms. The number of aromatic nitrogens is 5. The van der Waals surface area contributed by atoms with E-state index in [4.69, 9.17) is 15.3 Å². The number of nitrogens with zero attached hydrogens (tertiary/aromatic N) is 6. The number of pyridine rings is 1. The van der Waals surface area contributed by atoms with Gasteiger partial charge in [0.1, 0.15) is 5.82 Å². The van der Waals surface area contributed by atoms with E-state index in [9.17, 15) is 0 Å². The third-order valence-electron chi connectivity index (χ3n) is 7.00. The second kappa shape index (κ2) is 11.6. The zero-order valence-corrected chi connectivity index (χ0v) is 21.7. The van der Waals surface area contributed by atoms with Crippen molar-refractivity contribution in [3.05, 3.63) is 30.0 Å². The van der Waals surface area contributed by atoms with Crippen LogP contribution in [0.25, 0.3) is 5.65 Å². The van der Waals surface area contributed by atoms with E-state index in [1.807, 2.05) is 35.7 Å². The van der Waals surface area contributed by atoms with Crippen molar-refractivity contribution >= 4 is 23.2 Å². The number of aromatic amines is 1. The molecular weight excluding hydrogens is 436 g/mol. The highest BCUT2D eigenvalue weighted by Gasteiger charge is 2.25. The highest BCUT2D eigenvalue weighted by Crippen LogP contribution is 2.36. The minimum absolute atomic E-state index is 0.499. The van der Waals surface area contributed by atoms with Crippen LogP contribution in [-0.2, 0) is 0 Å². The first-order valence-electron chi connectivity index (χ1n) is 13.2. The molecule has 35 heavy (non-hydrogen) atoms. The zero-order chi connectivity index (χ0) is 24.8. The van der Waals surface area contributed by atoms with Crippen molar-refractivity contribution < 1.29 is 0 Å². The van der Waals surface area contributed by atoms with Gasteiger partial charge in [-0.2, -0.15) is 19.9 Å². The lowest BCUT2D eigenvalue weighted by Crippen LogP contribution is -2.32. The first-order valence-corrected chi connectivity index (χ1v) is 13.2. The normalized spacial score (nSPS) is 16.1. The smallest absolute Gasteiger partial charge is 0.245 e. The topological polar surface area (TPSA) is 97.9 Å². The van der Waals surface area contributed by atoms with E-state index >= 15 is 0 Å². The van der Waals surface area contributed by atoms with Crippen LogP contribution in [-0.4, -0.2) is 37.9 Å². The largest absolute Gasteiger partial charge is 0.339 e. The fourth-order valence-corrected chi connectivity index (χ4v) is 4.99. The van der Waals surface area contributed by atoms with Crippen LogP contribution in [0.5, 0.6) is 0 Å². The van der Waals surface area contributed by atoms with Crippen LogP contribution >= 0.6 is 0 Å². The number of H-pyrrole nitrogens is 1. The Kier molecular flexibility index (Phi) is 8.27. The Bertz CT molecular complexity index is 1120. The van der Waals surface area contributed by atoms with Crippen molar-refractivity contribution in [1.29, 1.82) is 5.26 Å². The van der Waals surface area contributed by atoms with Crippen LogP contribution in [0.15, 0.2) is 24.3 Å². The minimum Gasteiger partial charge on any atom is -0.339 e. The number of hydrogen-bond donors (Lipinski definition) is 2. The van der Waals surface area contributed by atoms with Crippen LogP contribution in [0.3, 0.4) is 0 Å². The van der Waals surface area contributed by atoms with Crippen LogP contribution in [0.1, 0.15) is 71.4 Å². The van der Waals surface area contributed by atoms with E-state index in [1.54, 1.807) is 0 Å². The van der Waals surface area contributed by atoms with Gasteiger partial charge in [-0.3, -0.25) is 5.10 Å². The molecule has 1 fully saturated rings. The van der Waals surface area contributed by atoms with Crippen molar-refractivity contribution in [2.45, 2.75) is 72.6 Å². The first kappa shape index (κ1) is 25.0. The third-order valence-corrected chi connectivity index (χ3v) is 7.00. The molecule has 0 saturated heterocycles. The van der Waals surface area contributed by atoms with Crippen LogP contribution in [0.4, 0.5) is 17.6 Å². The SMILES string of the molecule is Cc1cc(Nc2cccc3nc(N(CC[C@@H](C)CC4CC4)C[C@@H](C)CC(C)CCC#N)nn23)n[nH]1. The van der Waals surface area contributed by atoms with E-state index in [1.165, 1.54) is 19.3 Å². The minimum atomic E-state index is 0.499. The first-order chi connectivity index (χ1) is 16.9. The van der Waals surface area contributed by atoms with Crippen LogP contribution < -0.4 is 10.2 Å². The summed E-state index contributed by atoms with van der Waals surface area (Å²) in [4.78, 5) is 7.30. The van der Waals surface area contributed by atoms with Gasteiger partial charge < -0.3 is 10.2 Å². The predicted molar refractivity (Wildman–Crippen MR) is 141 cm³/mol. The number of nitriles is 1. The maximum Gasteiger partial charge on any atom is 0.245 e. The van der Waals surface area contributed by atoms with E-state index in [-0.39, 0.29) is 0 Å². The van der Waals surface area contributed by atoms with E-state index in [0.29, 0.717) is 24.2 Å². The molecule has 4 rings (SSSR count). The van der Waals surface area contributed by atoms with Gasteiger partial charge in [0.2, 0.25) is 5.95 Å². The van der Waals surface area contributed by atoms with Gasteiger partial charge in [-0.15, -0.1) is 5.10 Å². The van der Waals surface area contributed by atoms with Gasteiger partial charge in [-0.05, 0) is 68.4 Å². The summed E-state index contributed by atoms with van der Waals surface area (Å²) in [5, 5.41) is 24.5. The summed E-state index contributed by atoms with van der Waals surface area (Å²) in [5.74, 6) is 5.09. The second-order valence-corrected chi connectivity index (χ2v) is 10.8. The number of hydrogen-bond acceptors (Lipinski definition) is 6. The molecule has 3 aromatic rings. The molecule has 3 atom stereocenters. The lowest BCUT2D eigenvalue weighted by molar-refractivity contribution is 0.387. The molecule has 1 unspecified atom stereocenters. The summed E-state index contributed by atoms with van der Waals surface area (Å²) >= 11 is 0. The maximum atomic E-state index is 8.93.